The van der Waals surface area contributed by atoms with Crippen molar-refractivity contribution in [2.75, 3.05) is 13.6 Å². The maximum atomic E-state index is 12.8. The van der Waals surface area contributed by atoms with Crippen LogP contribution in [0.2, 0.25) is 0 Å². The maximum absolute atomic E-state index is 12.8. The van der Waals surface area contributed by atoms with E-state index >= 15 is 0 Å². The van der Waals surface area contributed by atoms with Crippen LogP contribution in [0, 0.1) is 0 Å². The summed E-state index contributed by atoms with van der Waals surface area (Å²) >= 11 is 0. The van der Waals surface area contributed by atoms with Crippen molar-refractivity contribution in [3.8, 4) is 0 Å². The smallest absolute Gasteiger partial charge is 0.298 e. The van der Waals surface area contributed by atoms with Crippen LogP contribution in [-0.2, 0) is 4.79 Å². The van der Waals surface area contributed by atoms with Gasteiger partial charge in [0.15, 0.2) is 0 Å². The molecular weight excluding hydrogens is 164 g/mol. The summed E-state index contributed by atoms with van der Waals surface area (Å²) in [6, 6.07) is -2.86. The molecule has 0 N–H and O–H groups in total. The van der Waals surface area contributed by atoms with Crippen LogP contribution in [0.1, 0.15) is 26.7 Å². The summed E-state index contributed by atoms with van der Waals surface area (Å²) in [6.45, 7) is 2.89. The lowest BCUT2D eigenvalue weighted by molar-refractivity contribution is -0.148. The highest BCUT2D eigenvalue weighted by atomic mass is 19.3. The zero-order valence-electron chi connectivity index (χ0n) is 7.73. The van der Waals surface area contributed by atoms with E-state index in [1.54, 1.807) is 6.92 Å². The summed E-state index contributed by atoms with van der Waals surface area (Å²) < 4.78 is 25.6. The topological polar surface area (TPSA) is 20.3 Å². The summed E-state index contributed by atoms with van der Waals surface area (Å²) in [5.74, 6) is -0.161. The number of likely N-dealkylation sites (N-methyl/N-ethyl adjacent to an activating group) is 1. The van der Waals surface area contributed by atoms with Crippen molar-refractivity contribution in [3.63, 3.8) is 0 Å². The molecule has 0 rings (SSSR count). The Balaban J connectivity index is 4.02. The van der Waals surface area contributed by atoms with E-state index < -0.39 is 6.05 Å². The van der Waals surface area contributed by atoms with Crippen molar-refractivity contribution in [1.29, 1.82) is 0 Å². The van der Waals surface area contributed by atoms with Gasteiger partial charge in [-0.05, 0) is 7.05 Å². The van der Waals surface area contributed by atoms with Gasteiger partial charge >= 0.3 is 6.05 Å². The quantitative estimate of drug-likeness (QED) is 0.601. The van der Waals surface area contributed by atoms with Crippen LogP contribution in [0.5, 0.6) is 0 Å². The molecule has 12 heavy (non-hydrogen) atoms. The second kappa shape index (κ2) is 4.50. The third-order valence-electron chi connectivity index (χ3n) is 1.79. The predicted molar refractivity (Wildman–Crippen MR) is 43.2 cm³/mol. The standard InChI is InChI=1S/C8H15F2NO/c1-4-7(12)6-11(3)8(9,10)5-2/h4-6H2,1-3H3. The van der Waals surface area contributed by atoms with E-state index in [-0.39, 0.29) is 18.7 Å². The number of hydrogen-bond acceptors (Lipinski definition) is 2. The van der Waals surface area contributed by atoms with Crippen LogP contribution in [0.25, 0.3) is 0 Å². The molecule has 0 unspecified atom stereocenters. The molecule has 0 saturated carbocycles. The zero-order chi connectivity index (χ0) is 9.78. The van der Waals surface area contributed by atoms with Gasteiger partial charge in [0.05, 0.1) is 6.54 Å². The van der Waals surface area contributed by atoms with Crippen LogP contribution < -0.4 is 0 Å². The molecule has 0 aliphatic carbocycles. The molecule has 0 radical (unpaired) electrons. The minimum Gasteiger partial charge on any atom is -0.298 e. The van der Waals surface area contributed by atoms with Crippen LogP contribution in [-0.4, -0.2) is 30.3 Å². The molecule has 0 heterocycles. The second-order valence-corrected chi connectivity index (χ2v) is 2.77. The first-order chi connectivity index (χ1) is 5.44. The molecule has 0 spiro atoms. The Kier molecular flexibility index (Phi) is 4.31. The van der Waals surface area contributed by atoms with E-state index in [1.807, 2.05) is 0 Å². The SMILES string of the molecule is CCC(=O)CN(C)C(F)(F)CC. The summed E-state index contributed by atoms with van der Waals surface area (Å²) in [5, 5.41) is 0. The number of Topliss-reactive ketones (excluding diaryl/α,β-unsaturated/α-hetero) is 1. The van der Waals surface area contributed by atoms with E-state index in [0.29, 0.717) is 6.42 Å². The van der Waals surface area contributed by atoms with Crippen LogP contribution in [0.15, 0.2) is 0 Å². The number of rotatable bonds is 5. The summed E-state index contributed by atoms with van der Waals surface area (Å²) in [4.78, 5) is 11.6. The molecular formula is C8H15F2NO. The van der Waals surface area contributed by atoms with Gasteiger partial charge in [-0.1, -0.05) is 13.8 Å². The molecule has 4 heteroatoms. The second-order valence-electron chi connectivity index (χ2n) is 2.77. The first-order valence-electron chi connectivity index (χ1n) is 4.04. The van der Waals surface area contributed by atoms with E-state index in [0.717, 1.165) is 4.90 Å². The summed E-state index contributed by atoms with van der Waals surface area (Å²) in [6.07, 6.45) is 0.0463. The highest BCUT2D eigenvalue weighted by molar-refractivity contribution is 5.80. The molecule has 0 amide bonds. The molecule has 0 aliphatic heterocycles. The molecule has 0 atom stereocenters. The molecule has 0 aromatic heterocycles. The summed E-state index contributed by atoms with van der Waals surface area (Å²) in [7, 11) is 1.26. The number of carbonyl (C=O) groups excluding carboxylic acids is 1. The Morgan fingerprint density at radius 1 is 1.42 bits per heavy atom. The Morgan fingerprint density at radius 2 is 1.92 bits per heavy atom. The highest BCUT2D eigenvalue weighted by Crippen LogP contribution is 2.21. The lowest BCUT2D eigenvalue weighted by atomic mass is 10.2. The van der Waals surface area contributed by atoms with E-state index in [1.165, 1.54) is 14.0 Å². The molecule has 0 aliphatic rings. The number of ketones is 1. The Morgan fingerprint density at radius 3 is 2.25 bits per heavy atom. The van der Waals surface area contributed by atoms with Crippen LogP contribution >= 0.6 is 0 Å². The van der Waals surface area contributed by atoms with Gasteiger partial charge in [-0.3, -0.25) is 4.79 Å². The largest absolute Gasteiger partial charge is 0.304 e. The minimum atomic E-state index is -2.86. The number of hydrogen-bond donors (Lipinski definition) is 0. The van der Waals surface area contributed by atoms with Gasteiger partial charge in [0, 0.05) is 12.8 Å². The van der Waals surface area contributed by atoms with Crippen LogP contribution in [0.3, 0.4) is 0 Å². The molecule has 0 bridgehead atoms. The number of carbonyl (C=O) groups is 1. The fourth-order valence-corrected chi connectivity index (χ4v) is 0.762. The van der Waals surface area contributed by atoms with Crippen molar-refractivity contribution in [1.82, 2.24) is 4.90 Å². The third-order valence-corrected chi connectivity index (χ3v) is 1.79. The minimum absolute atomic E-state index is 0.161. The van der Waals surface area contributed by atoms with Crippen molar-refractivity contribution in [3.05, 3.63) is 0 Å². The van der Waals surface area contributed by atoms with Gasteiger partial charge in [0.2, 0.25) is 0 Å². The highest BCUT2D eigenvalue weighted by Gasteiger charge is 2.32. The lowest BCUT2D eigenvalue weighted by Crippen LogP contribution is -2.40. The van der Waals surface area contributed by atoms with Crippen molar-refractivity contribution in [2.45, 2.75) is 32.7 Å². The maximum Gasteiger partial charge on any atom is 0.304 e. The van der Waals surface area contributed by atoms with Gasteiger partial charge in [-0.15, -0.1) is 0 Å². The van der Waals surface area contributed by atoms with Gasteiger partial charge in [0.25, 0.3) is 0 Å². The van der Waals surface area contributed by atoms with Crippen molar-refractivity contribution < 1.29 is 13.6 Å². The van der Waals surface area contributed by atoms with Gasteiger partial charge in [0.1, 0.15) is 5.78 Å². The average Bonchev–Trinajstić information content (AvgIpc) is 2.04. The summed E-state index contributed by atoms with van der Waals surface area (Å²) in [5.41, 5.74) is 0. The molecule has 2 nitrogen and oxygen atoms in total. The molecule has 0 fully saturated rings. The first-order valence-corrected chi connectivity index (χ1v) is 4.04. The zero-order valence-corrected chi connectivity index (χ0v) is 7.73. The molecule has 0 aromatic carbocycles. The van der Waals surface area contributed by atoms with Gasteiger partial charge < -0.3 is 0 Å². The van der Waals surface area contributed by atoms with E-state index in [9.17, 15) is 13.6 Å². The first kappa shape index (κ1) is 11.5. The molecule has 0 aromatic rings. The average molecular weight is 179 g/mol. The van der Waals surface area contributed by atoms with Crippen LogP contribution in [0.4, 0.5) is 8.78 Å². The fourth-order valence-electron chi connectivity index (χ4n) is 0.762. The Hall–Kier alpha value is -0.510. The van der Waals surface area contributed by atoms with Gasteiger partial charge in [-0.25, -0.2) is 4.90 Å². The number of nitrogens with zero attached hydrogens (tertiary/aromatic N) is 1. The van der Waals surface area contributed by atoms with Crippen molar-refractivity contribution in [2.24, 2.45) is 0 Å². The normalized spacial score (nSPS) is 12.2. The number of alkyl halides is 2. The third kappa shape index (κ3) is 3.26. The van der Waals surface area contributed by atoms with E-state index in [2.05, 4.69) is 0 Å². The predicted octanol–water partition coefficient (Wildman–Crippen LogP) is 1.90. The number of halogens is 2. The monoisotopic (exact) mass is 179 g/mol. The van der Waals surface area contributed by atoms with E-state index in [4.69, 9.17) is 0 Å². The van der Waals surface area contributed by atoms with Gasteiger partial charge in [-0.2, -0.15) is 8.78 Å². The Labute approximate surface area is 71.5 Å². The lowest BCUT2D eigenvalue weighted by Gasteiger charge is -2.25. The van der Waals surface area contributed by atoms with Crippen molar-refractivity contribution >= 4 is 5.78 Å². The Bertz CT molecular complexity index is 159. The fraction of sp³-hybridized carbons (Fsp3) is 0.875. The molecule has 0 saturated heterocycles. The molecule has 72 valence electrons.